The van der Waals surface area contributed by atoms with Gasteiger partial charge in [-0.1, -0.05) is 0 Å². The smallest absolute Gasteiger partial charge is 0.321 e. The van der Waals surface area contributed by atoms with Gasteiger partial charge in [0.25, 0.3) is 10.2 Å². The normalized spacial score (nSPS) is 18.7. The molecule has 9 heteroatoms. The average Bonchev–Trinajstić information content (AvgIpc) is 2.77. The van der Waals surface area contributed by atoms with Gasteiger partial charge in [-0.05, 0) is 19.3 Å². The van der Waals surface area contributed by atoms with E-state index < -0.39 is 34.6 Å². The molecule has 0 aliphatic carbocycles. The first-order valence-electron chi connectivity index (χ1n) is 5.55. The highest BCUT2D eigenvalue weighted by atomic mass is 32.2. The zero-order chi connectivity index (χ0) is 13.8. The predicted octanol–water partition coefficient (Wildman–Crippen LogP) is -0.765. The molecular weight excluding hydrogens is 264 g/mol. The molecule has 18 heavy (non-hydrogen) atoms. The molecule has 0 aromatic heterocycles. The minimum absolute atomic E-state index is 0.280. The van der Waals surface area contributed by atoms with E-state index in [1.807, 2.05) is 4.72 Å². The van der Waals surface area contributed by atoms with Crippen molar-refractivity contribution in [3.8, 4) is 0 Å². The first-order valence-corrected chi connectivity index (χ1v) is 6.99. The van der Waals surface area contributed by atoms with Gasteiger partial charge in [-0.2, -0.15) is 17.4 Å². The molecule has 1 aliphatic rings. The summed E-state index contributed by atoms with van der Waals surface area (Å²) in [6.45, 7) is 0.723. The molecule has 3 N–H and O–H groups in total. The molecule has 1 fully saturated rings. The van der Waals surface area contributed by atoms with E-state index in [4.69, 9.17) is 10.2 Å². The Kier molecular flexibility index (Phi) is 5.05. The van der Waals surface area contributed by atoms with Crippen LogP contribution in [0.2, 0.25) is 0 Å². The third kappa shape index (κ3) is 4.24. The van der Waals surface area contributed by atoms with E-state index in [2.05, 4.69) is 0 Å². The zero-order valence-electron chi connectivity index (χ0n) is 9.70. The summed E-state index contributed by atoms with van der Waals surface area (Å²) >= 11 is 0. The number of nitrogens with one attached hydrogen (secondary N) is 1. The second kappa shape index (κ2) is 6.12. The predicted molar refractivity (Wildman–Crippen MR) is 61.2 cm³/mol. The van der Waals surface area contributed by atoms with Gasteiger partial charge in [-0.15, -0.1) is 0 Å². The molecule has 0 radical (unpaired) electrons. The number of carboxylic acid groups (broad SMARTS) is 2. The van der Waals surface area contributed by atoms with Crippen LogP contribution in [0.1, 0.15) is 25.7 Å². The molecule has 0 saturated carbocycles. The van der Waals surface area contributed by atoms with Gasteiger partial charge in [0.1, 0.15) is 6.04 Å². The SMILES string of the molecule is O=C(O)CCC(NS(=O)(=O)N1CCCC1)C(=O)O. The Morgan fingerprint density at radius 2 is 1.78 bits per heavy atom. The Morgan fingerprint density at radius 3 is 2.22 bits per heavy atom. The van der Waals surface area contributed by atoms with Gasteiger partial charge in [0.05, 0.1) is 0 Å². The first-order chi connectivity index (χ1) is 8.33. The standard InChI is InChI=1S/C9H16N2O6S/c12-8(13)4-3-7(9(14)15)10-18(16,17)11-5-1-2-6-11/h7,10H,1-6H2,(H,12,13)(H,14,15). The van der Waals surface area contributed by atoms with Gasteiger partial charge in [0, 0.05) is 19.5 Å². The molecule has 0 aromatic rings. The van der Waals surface area contributed by atoms with Crippen LogP contribution in [0.15, 0.2) is 0 Å². The molecule has 0 aromatic carbocycles. The molecule has 1 saturated heterocycles. The van der Waals surface area contributed by atoms with E-state index in [9.17, 15) is 18.0 Å². The molecule has 1 aliphatic heterocycles. The van der Waals surface area contributed by atoms with Gasteiger partial charge < -0.3 is 10.2 Å². The van der Waals surface area contributed by atoms with Crippen LogP contribution in [0.4, 0.5) is 0 Å². The molecular formula is C9H16N2O6S. The van der Waals surface area contributed by atoms with Crippen LogP contribution in [0.3, 0.4) is 0 Å². The summed E-state index contributed by atoms with van der Waals surface area (Å²) in [5.41, 5.74) is 0. The van der Waals surface area contributed by atoms with Crippen molar-refractivity contribution in [1.29, 1.82) is 0 Å². The Labute approximate surface area is 105 Å². The molecule has 1 heterocycles. The topological polar surface area (TPSA) is 124 Å². The molecule has 1 unspecified atom stereocenters. The number of carboxylic acids is 2. The van der Waals surface area contributed by atoms with E-state index in [0.717, 1.165) is 12.8 Å². The molecule has 104 valence electrons. The molecule has 0 spiro atoms. The summed E-state index contributed by atoms with van der Waals surface area (Å²) in [6, 6.07) is -1.41. The minimum atomic E-state index is -3.84. The quantitative estimate of drug-likeness (QED) is 0.563. The monoisotopic (exact) mass is 280 g/mol. The number of hydrogen-bond acceptors (Lipinski definition) is 4. The van der Waals surface area contributed by atoms with Crippen LogP contribution >= 0.6 is 0 Å². The van der Waals surface area contributed by atoms with E-state index in [1.54, 1.807) is 0 Å². The van der Waals surface area contributed by atoms with Crippen molar-refractivity contribution in [3.63, 3.8) is 0 Å². The van der Waals surface area contributed by atoms with Gasteiger partial charge in [0.15, 0.2) is 0 Å². The summed E-state index contributed by atoms with van der Waals surface area (Å²) in [5, 5.41) is 17.3. The third-order valence-electron chi connectivity index (χ3n) is 2.64. The van der Waals surface area contributed by atoms with E-state index in [0.29, 0.717) is 13.1 Å². The lowest BCUT2D eigenvalue weighted by Gasteiger charge is -2.19. The molecule has 1 atom stereocenters. The largest absolute Gasteiger partial charge is 0.481 e. The van der Waals surface area contributed by atoms with Gasteiger partial charge in [0.2, 0.25) is 0 Å². The van der Waals surface area contributed by atoms with Gasteiger partial charge >= 0.3 is 11.9 Å². The summed E-state index contributed by atoms with van der Waals surface area (Å²) < 4.78 is 26.8. The fourth-order valence-electron chi connectivity index (χ4n) is 1.68. The highest BCUT2D eigenvalue weighted by molar-refractivity contribution is 7.87. The highest BCUT2D eigenvalue weighted by Gasteiger charge is 2.30. The van der Waals surface area contributed by atoms with Crippen molar-refractivity contribution in [1.82, 2.24) is 9.03 Å². The summed E-state index contributed by atoms with van der Waals surface area (Å²) in [6.07, 6.45) is 0.804. The van der Waals surface area contributed by atoms with Crippen molar-refractivity contribution >= 4 is 22.1 Å². The van der Waals surface area contributed by atoms with E-state index >= 15 is 0 Å². The first kappa shape index (κ1) is 14.9. The van der Waals surface area contributed by atoms with Crippen molar-refractivity contribution in [2.24, 2.45) is 0 Å². The summed E-state index contributed by atoms with van der Waals surface area (Å²) in [4.78, 5) is 21.2. The maximum atomic E-state index is 11.8. The van der Waals surface area contributed by atoms with Crippen molar-refractivity contribution < 1.29 is 28.2 Å². The van der Waals surface area contributed by atoms with E-state index in [1.165, 1.54) is 4.31 Å². The van der Waals surface area contributed by atoms with Crippen LogP contribution in [-0.2, 0) is 19.8 Å². The zero-order valence-corrected chi connectivity index (χ0v) is 10.5. The minimum Gasteiger partial charge on any atom is -0.481 e. The Hall–Kier alpha value is -1.19. The van der Waals surface area contributed by atoms with Crippen molar-refractivity contribution in [2.75, 3.05) is 13.1 Å². The number of nitrogens with zero attached hydrogens (tertiary/aromatic N) is 1. The Bertz CT molecular complexity index is 415. The molecule has 1 rings (SSSR count). The summed E-state index contributed by atoms with van der Waals surface area (Å²) in [5.74, 6) is -2.54. The lowest BCUT2D eigenvalue weighted by Crippen LogP contribution is -2.47. The number of hydrogen-bond donors (Lipinski definition) is 3. The highest BCUT2D eigenvalue weighted by Crippen LogP contribution is 2.12. The molecule has 0 amide bonds. The lowest BCUT2D eigenvalue weighted by molar-refractivity contribution is -0.140. The third-order valence-corrected chi connectivity index (χ3v) is 4.27. The average molecular weight is 280 g/mol. The van der Waals surface area contributed by atoms with Crippen LogP contribution in [0.25, 0.3) is 0 Å². The second-order valence-corrected chi connectivity index (χ2v) is 5.75. The number of carbonyl (C=O) groups is 2. The second-order valence-electron chi connectivity index (χ2n) is 4.05. The summed E-state index contributed by atoms with van der Waals surface area (Å²) in [7, 11) is -3.84. The van der Waals surface area contributed by atoms with Crippen LogP contribution in [0, 0.1) is 0 Å². The fourth-order valence-corrected chi connectivity index (χ4v) is 3.15. The lowest BCUT2D eigenvalue weighted by atomic mass is 10.2. The Morgan fingerprint density at radius 1 is 1.22 bits per heavy atom. The van der Waals surface area contributed by atoms with Crippen molar-refractivity contribution in [2.45, 2.75) is 31.7 Å². The molecule has 8 nitrogen and oxygen atoms in total. The van der Waals surface area contributed by atoms with Crippen LogP contribution < -0.4 is 4.72 Å². The van der Waals surface area contributed by atoms with Gasteiger partial charge in [-0.25, -0.2) is 0 Å². The van der Waals surface area contributed by atoms with Crippen molar-refractivity contribution in [3.05, 3.63) is 0 Å². The Balaban J connectivity index is 2.64. The fraction of sp³-hybridized carbons (Fsp3) is 0.778. The van der Waals surface area contributed by atoms with E-state index in [-0.39, 0.29) is 6.42 Å². The van der Waals surface area contributed by atoms with Crippen LogP contribution in [0.5, 0.6) is 0 Å². The van der Waals surface area contributed by atoms with Crippen LogP contribution in [-0.4, -0.2) is 54.0 Å². The number of rotatable bonds is 7. The number of aliphatic carboxylic acids is 2. The maximum absolute atomic E-state index is 11.8. The van der Waals surface area contributed by atoms with Gasteiger partial charge in [-0.3, -0.25) is 9.59 Å². The maximum Gasteiger partial charge on any atom is 0.321 e. The molecule has 0 bridgehead atoms.